The molecule has 0 amide bonds. The van der Waals surface area contributed by atoms with Crippen LogP contribution in [0.15, 0.2) is 10.6 Å². The number of nitrogens with one attached hydrogen (secondary N) is 1. The Morgan fingerprint density at radius 1 is 1.47 bits per heavy atom. The Morgan fingerprint density at radius 2 is 2.26 bits per heavy atom. The number of nitrogens with zero attached hydrogens (tertiary/aromatic N) is 2. The lowest BCUT2D eigenvalue weighted by atomic mass is 10.0. The molecular weight excluding hydrogens is 242 g/mol. The third-order valence-electron chi connectivity index (χ3n) is 3.46. The molecule has 0 bridgehead atoms. The highest BCUT2D eigenvalue weighted by Crippen LogP contribution is 2.21. The van der Waals surface area contributed by atoms with Crippen LogP contribution in [0, 0.1) is 0 Å². The Morgan fingerprint density at radius 3 is 2.95 bits per heavy atom. The van der Waals surface area contributed by atoms with Crippen LogP contribution >= 0.6 is 0 Å². The number of aromatic nitrogens is 1. The molecule has 108 valence electrons. The van der Waals surface area contributed by atoms with Crippen molar-refractivity contribution in [3.05, 3.63) is 17.5 Å². The Hall–Kier alpha value is -0.910. The Bertz CT molecular complexity index is 401. The van der Waals surface area contributed by atoms with Crippen molar-refractivity contribution in [2.24, 2.45) is 0 Å². The zero-order chi connectivity index (χ0) is 13.9. The largest absolute Gasteiger partial charge is 0.378 e. The maximum atomic E-state index is 5.52. The van der Waals surface area contributed by atoms with E-state index in [4.69, 9.17) is 9.26 Å². The summed E-state index contributed by atoms with van der Waals surface area (Å²) in [4.78, 5) is 2.39. The molecule has 0 aliphatic carbocycles. The SMILES string of the molecule is CC(C)NCc1cc(CN2CCOCC2(C)C)on1. The second-order valence-electron chi connectivity index (χ2n) is 6.11. The van der Waals surface area contributed by atoms with E-state index >= 15 is 0 Å². The molecule has 1 aliphatic rings. The molecule has 0 radical (unpaired) electrons. The summed E-state index contributed by atoms with van der Waals surface area (Å²) in [6.45, 7) is 12.7. The van der Waals surface area contributed by atoms with Crippen molar-refractivity contribution in [1.29, 1.82) is 0 Å². The van der Waals surface area contributed by atoms with Crippen LogP contribution in [0.5, 0.6) is 0 Å². The van der Waals surface area contributed by atoms with Gasteiger partial charge >= 0.3 is 0 Å². The normalized spacial score (nSPS) is 20.1. The summed E-state index contributed by atoms with van der Waals surface area (Å²) < 4.78 is 10.9. The maximum absolute atomic E-state index is 5.52. The highest BCUT2D eigenvalue weighted by molar-refractivity contribution is 5.06. The van der Waals surface area contributed by atoms with Crippen LogP contribution in [-0.2, 0) is 17.8 Å². The summed E-state index contributed by atoms with van der Waals surface area (Å²) in [5.41, 5.74) is 1.02. The molecule has 0 unspecified atom stereocenters. The zero-order valence-electron chi connectivity index (χ0n) is 12.4. The molecule has 2 rings (SSSR count). The summed E-state index contributed by atoms with van der Waals surface area (Å²) >= 11 is 0. The standard InChI is InChI=1S/C14H25N3O2/c1-11(2)15-8-12-7-13(19-16-12)9-17-5-6-18-10-14(17,3)4/h7,11,15H,5-6,8-10H2,1-4H3. The van der Waals surface area contributed by atoms with Crippen LogP contribution in [0.25, 0.3) is 0 Å². The lowest BCUT2D eigenvalue weighted by Crippen LogP contribution is -2.52. The topological polar surface area (TPSA) is 50.5 Å². The highest BCUT2D eigenvalue weighted by atomic mass is 16.5. The van der Waals surface area contributed by atoms with Gasteiger partial charge in [-0.2, -0.15) is 0 Å². The van der Waals surface area contributed by atoms with E-state index in [-0.39, 0.29) is 5.54 Å². The molecule has 1 N–H and O–H groups in total. The van der Waals surface area contributed by atoms with Crippen molar-refractivity contribution in [2.75, 3.05) is 19.8 Å². The molecule has 0 atom stereocenters. The maximum Gasteiger partial charge on any atom is 0.151 e. The molecule has 0 spiro atoms. The Balaban J connectivity index is 1.92. The fraction of sp³-hybridized carbons (Fsp3) is 0.786. The molecule has 0 aromatic carbocycles. The Labute approximate surface area is 115 Å². The van der Waals surface area contributed by atoms with Gasteiger partial charge < -0.3 is 14.6 Å². The van der Waals surface area contributed by atoms with Crippen molar-refractivity contribution < 1.29 is 9.26 Å². The van der Waals surface area contributed by atoms with Gasteiger partial charge in [-0.05, 0) is 13.8 Å². The minimum atomic E-state index is 0.0569. The number of ether oxygens (including phenoxy) is 1. The van der Waals surface area contributed by atoms with Gasteiger partial charge in [0.25, 0.3) is 0 Å². The van der Waals surface area contributed by atoms with Crippen LogP contribution in [0.3, 0.4) is 0 Å². The monoisotopic (exact) mass is 267 g/mol. The average molecular weight is 267 g/mol. The number of morpholine rings is 1. The quantitative estimate of drug-likeness (QED) is 0.881. The summed E-state index contributed by atoms with van der Waals surface area (Å²) in [6, 6.07) is 2.50. The predicted molar refractivity (Wildman–Crippen MR) is 73.8 cm³/mol. The molecule has 1 aromatic rings. The van der Waals surface area contributed by atoms with Crippen LogP contribution < -0.4 is 5.32 Å². The zero-order valence-corrected chi connectivity index (χ0v) is 12.4. The Kier molecular flexibility index (Phi) is 4.60. The van der Waals surface area contributed by atoms with Gasteiger partial charge in [0.15, 0.2) is 5.76 Å². The molecule has 1 aliphatic heterocycles. The second kappa shape index (κ2) is 6.03. The van der Waals surface area contributed by atoms with E-state index in [2.05, 4.69) is 43.1 Å². The van der Waals surface area contributed by atoms with Gasteiger partial charge in [-0.1, -0.05) is 19.0 Å². The lowest BCUT2D eigenvalue weighted by molar-refractivity contribution is -0.0582. The first kappa shape index (κ1) is 14.5. The van der Waals surface area contributed by atoms with E-state index in [1.807, 2.05) is 6.07 Å². The van der Waals surface area contributed by atoms with Crippen LogP contribution in [0.1, 0.15) is 39.1 Å². The molecular formula is C14H25N3O2. The number of rotatable bonds is 5. The van der Waals surface area contributed by atoms with Crippen molar-refractivity contribution >= 4 is 0 Å². The molecule has 2 heterocycles. The molecule has 1 aromatic heterocycles. The molecule has 1 saturated heterocycles. The van der Waals surface area contributed by atoms with Gasteiger partial charge in [0.05, 0.1) is 25.5 Å². The van der Waals surface area contributed by atoms with Gasteiger partial charge in [0.1, 0.15) is 0 Å². The van der Waals surface area contributed by atoms with E-state index in [9.17, 15) is 0 Å². The van der Waals surface area contributed by atoms with Crippen LogP contribution in [-0.4, -0.2) is 41.4 Å². The number of hydrogen-bond donors (Lipinski definition) is 1. The average Bonchev–Trinajstić information content (AvgIpc) is 2.77. The third kappa shape index (κ3) is 4.03. The van der Waals surface area contributed by atoms with Crippen molar-refractivity contribution in [2.45, 2.75) is 52.4 Å². The fourth-order valence-electron chi connectivity index (χ4n) is 2.19. The van der Waals surface area contributed by atoms with E-state index < -0.39 is 0 Å². The van der Waals surface area contributed by atoms with Crippen LogP contribution in [0.2, 0.25) is 0 Å². The van der Waals surface area contributed by atoms with Crippen molar-refractivity contribution in [1.82, 2.24) is 15.4 Å². The first-order valence-corrected chi connectivity index (χ1v) is 6.98. The molecule has 1 fully saturated rings. The summed E-state index contributed by atoms with van der Waals surface area (Å²) in [7, 11) is 0. The minimum Gasteiger partial charge on any atom is -0.378 e. The van der Waals surface area contributed by atoms with Crippen LogP contribution in [0.4, 0.5) is 0 Å². The van der Waals surface area contributed by atoms with E-state index in [0.29, 0.717) is 6.04 Å². The second-order valence-corrected chi connectivity index (χ2v) is 6.11. The van der Waals surface area contributed by atoms with E-state index in [0.717, 1.165) is 44.3 Å². The predicted octanol–water partition coefficient (Wildman–Crippen LogP) is 1.78. The van der Waals surface area contributed by atoms with Gasteiger partial charge in [0.2, 0.25) is 0 Å². The van der Waals surface area contributed by atoms with E-state index in [1.54, 1.807) is 0 Å². The minimum absolute atomic E-state index is 0.0569. The third-order valence-corrected chi connectivity index (χ3v) is 3.46. The summed E-state index contributed by atoms with van der Waals surface area (Å²) in [5.74, 6) is 0.926. The first-order chi connectivity index (χ1) is 8.97. The molecule has 5 heteroatoms. The lowest BCUT2D eigenvalue weighted by Gasteiger charge is -2.41. The molecule has 0 saturated carbocycles. The summed E-state index contributed by atoms with van der Waals surface area (Å²) in [6.07, 6.45) is 0. The van der Waals surface area contributed by atoms with Gasteiger partial charge in [-0.3, -0.25) is 4.90 Å². The molecule has 5 nitrogen and oxygen atoms in total. The van der Waals surface area contributed by atoms with Crippen molar-refractivity contribution in [3.8, 4) is 0 Å². The smallest absolute Gasteiger partial charge is 0.151 e. The highest BCUT2D eigenvalue weighted by Gasteiger charge is 2.31. The molecule has 19 heavy (non-hydrogen) atoms. The number of hydrogen-bond acceptors (Lipinski definition) is 5. The van der Waals surface area contributed by atoms with Crippen molar-refractivity contribution in [3.63, 3.8) is 0 Å². The van der Waals surface area contributed by atoms with Gasteiger partial charge in [-0.25, -0.2) is 0 Å². The van der Waals surface area contributed by atoms with Gasteiger partial charge in [0, 0.05) is 30.7 Å². The first-order valence-electron chi connectivity index (χ1n) is 6.98. The fourth-order valence-corrected chi connectivity index (χ4v) is 2.19. The van der Waals surface area contributed by atoms with Gasteiger partial charge in [-0.15, -0.1) is 0 Å². The van der Waals surface area contributed by atoms with E-state index in [1.165, 1.54) is 0 Å². The summed E-state index contributed by atoms with van der Waals surface area (Å²) in [5, 5.41) is 7.44.